The topological polar surface area (TPSA) is 59.1 Å². The van der Waals surface area contributed by atoms with Gasteiger partial charge in [0, 0.05) is 18.5 Å². The molecule has 6 heteroatoms. The number of hydrogen-bond donors (Lipinski definition) is 0. The zero-order chi connectivity index (χ0) is 20.2. The van der Waals surface area contributed by atoms with E-state index in [2.05, 4.69) is 0 Å². The second-order valence-electron chi connectivity index (χ2n) is 8.00. The van der Waals surface area contributed by atoms with Crippen LogP contribution < -0.4 is 4.74 Å². The third-order valence-electron chi connectivity index (χ3n) is 6.54. The van der Waals surface area contributed by atoms with E-state index in [0.29, 0.717) is 31.6 Å². The molecule has 0 bridgehead atoms. The van der Waals surface area contributed by atoms with E-state index in [-0.39, 0.29) is 23.9 Å². The zero-order valence-electron chi connectivity index (χ0n) is 16.6. The summed E-state index contributed by atoms with van der Waals surface area (Å²) in [4.78, 5) is 30.0. The Morgan fingerprint density at radius 2 is 2.00 bits per heavy atom. The van der Waals surface area contributed by atoms with Crippen molar-refractivity contribution in [2.45, 2.75) is 37.6 Å². The van der Waals surface area contributed by atoms with Crippen LogP contribution in [0, 0.1) is 6.92 Å². The molecule has 5 rings (SSSR count). The van der Waals surface area contributed by atoms with Gasteiger partial charge in [-0.05, 0) is 36.2 Å². The first-order valence-corrected chi connectivity index (χ1v) is 10.0. The van der Waals surface area contributed by atoms with Gasteiger partial charge in [0.2, 0.25) is 5.91 Å². The van der Waals surface area contributed by atoms with Gasteiger partial charge in [0.25, 0.3) is 5.91 Å². The van der Waals surface area contributed by atoms with Crippen molar-refractivity contribution in [3.05, 3.63) is 65.2 Å². The molecule has 2 aromatic rings. The molecule has 1 spiro atoms. The van der Waals surface area contributed by atoms with Gasteiger partial charge >= 0.3 is 0 Å². The van der Waals surface area contributed by atoms with Gasteiger partial charge in [0.05, 0.1) is 32.2 Å². The highest BCUT2D eigenvalue weighted by atomic mass is 16.5. The lowest BCUT2D eigenvalue weighted by atomic mass is 10.0. The molecule has 0 radical (unpaired) electrons. The van der Waals surface area contributed by atoms with E-state index in [1.807, 2.05) is 59.2 Å². The lowest BCUT2D eigenvalue weighted by Crippen LogP contribution is -2.49. The number of ether oxygens (including phenoxy) is 2. The van der Waals surface area contributed by atoms with Crippen molar-refractivity contribution < 1.29 is 19.1 Å². The summed E-state index contributed by atoms with van der Waals surface area (Å²) in [7, 11) is 1.62. The first-order valence-electron chi connectivity index (χ1n) is 10.0. The van der Waals surface area contributed by atoms with Gasteiger partial charge in [-0.2, -0.15) is 0 Å². The van der Waals surface area contributed by atoms with Crippen molar-refractivity contribution in [2.75, 3.05) is 20.3 Å². The number of carbonyl (C=O) groups is 2. The molecule has 150 valence electrons. The summed E-state index contributed by atoms with van der Waals surface area (Å²) < 4.78 is 11.6. The van der Waals surface area contributed by atoms with E-state index in [4.69, 9.17) is 9.47 Å². The molecule has 3 atom stereocenters. The van der Waals surface area contributed by atoms with E-state index >= 15 is 0 Å². The number of hydrogen-bond acceptors (Lipinski definition) is 4. The maximum absolute atomic E-state index is 13.3. The molecule has 2 amide bonds. The number of rotatable bonds is 3. The first kappa shape index (κ1) is 18.2. The molecule has 0 N–H and O–H groups in total. The summed E-state index contributed by atoms with van der Waals surface area (Å²) in [6.45, 7) is 2.97. The van der Waals surface area contributed by atoms with Crippen molar-refractivity contribution in [3.63, 3.8) is 0 Å². The fraction of sp³-hybridized carbons (Fsp3) is 0.391. The van der Waals surface area contributed by atoms with Crippen LogP contribution in [0.4, 0.5) is 0 Å². The third-order valence-corrected chi connectivity index (χ3v) is 6.54. The lowest BCUT2D eigenvalue weighted by molar-refractivity contribution is -0.138. The molecule has 0 aliphatic carbocycles. The normalized spacial score (nSPS) is 27.9. The van der Waals surface area contributed by atoms with Crippen LogP contribution in [0.25, 0.3) is 0 Å². The SMILES string of the molecule is COc1ccc(C(=O)N2CC[C@@]34OC[C@@H](c5ccccc5)N3C(=O)C[C@@H]24)cc1C. The van der Waals surface area contributed by atoms with Gasteiger partial charge in [-0.25, -0.2) is 0 Å². The Morgan fingerprint density at radius 1 is 1.21 bits per heavy atom. The van der Waals surface area contributed by atoms with Crippen molar-refractivity contribution in [1.82, 2.24) is 9.80 Å². The Hall–Kier alpha value is -2.86. The van der Waals surface area contributed by atoms with Crippen LogP contribution in [0.1, 0.15) is 40.4 Å². The Kier molecular flexibility index (Phi) is 4.13. The smallest absolute Gasteiger partial charge is 0.254 e. The van der Waals surface area contributed by atoms with Crippen molar-refractivity contribution in [2.24, 2.45) is 0 Å². The predicted molar refractivity (Wildman–Crippen MR) is 107 cm³/mol. The van der Waals surface area contributed by atoms with Crippen LogP contribution in [0.3, 0.4) is 0 Å². The zero-order valence-corrected chi connectivity index (χ0v) is 16.6. The summed E-state index contributed by atoms with van der Waals surface area (Å²) in [5.74, 6) is 0.760. The minimum Gasteiger partial charge on any atom is -0.496 e. The van der Waals surface area contributed by atoms with Crippen LogP contribution in [-0.4, -0.2) is 53.6 Å². The third kappa shape index (κ3) is 2.59. The number of likely N-dealkylation sites (tertiary alicyclic amines) is 1. The van der Waals surface area contributed by atoms with E-state index in [9.17, 15) is 9.59 Å². The summed E-state index contributed by atoms with van der Waals surface area (Å²) in [6.07, 6.45) is 0.956. The van der Waals surface area contributed by atoms with E-state index < -0.39 is 5.72 Å². The molecule has 3 heterocycles. The average molecular weight is 392 g/mol. The maximum atomic E-state index is 13.3. The number of amides is 2. The minimum absolute atomic E-state index is 0.0564. The minimum atomic E-state index is -0.700. The summed E-state index contributed by atoms with van der Waals surface area (Å²) in [5, 5.41) is 0. The van der Waals surface area contributed by atoms with Gasteiger partial charge in [-0.3, -0.25) is 9.59 Å². The average Bonchev–Trinajstić information content (AvgIpc) is 3.37. The maximum Gasteiger partial charge on any atom is 0.254 e. The summed E-state index contributed by atoms with van der Waals surface area (Å²) >= 11 is 0. The molecular weight excluding hydrogens is 368 g/mol. The van der Waals surface area contributed by atoms with E-state index in [1.165, 1.54) is 0 Å². The molecule has 0 unspecified atom stereocenters. The second kappa shape index (κ2) is 6.59. The number of carbonyl (C=O) groups excluding carboxylic acids is 2. The summed E-state index contributed by atoms with van der Waals surface area (Å²) in [6, 6.07) is 15.1. The van der Waals surface area contributed by atoms with Gasteiger partial charge in [-0.15, -0.1) is 0 Å². The van der Waals surface area contributed by atoms with Crippen molar-refractivity contribution in [3.8, 4) is 5.75 Å². The van der Waals surface area contributed by atoms with Gasteiger partial charge in [0.1, 0.15) is 5.75 Å². The first-order chi connectivity index (χ1) is 14.0. The van der Waals surface area contributed by atoms with Crippen molar-refractivity contribution >= 4 is 11.8 Å². The molecular formula is C23H24N2O4. The Labute approximate surface area is 170 Å². The monoisotopic (exact) mass is 392 g/mol. The van der Waals surface area contributed by atoms with Crippen molar-refractivity contribution in [1.29, 1.82) is 0 Å². The Bertz CT molecular complexity index is 976. The van der Waals surface area contributed by atoms with E-state index in [0.717, 1.165) is 16.9 Å². The second-order valence-corrected chi connectivity index (χ2v) is 8.00. The lowest BCUT2D eigenvalue weighted by Gasteiger charge is -2.33. The fourth-order valence-corrected chi connectivity index (χ4v) is 5.19. The van der Waals surface area contributed by atoms with Crippen LogP contribution in [-0.2, 0) is 9.53 Å². The molecule has 3 saturated heterocycles. The van der Waals surface area contributed by atoms with Gasteiger partial charge in [-0.1, -0.05) is 30.3 Å². The molecule has 2 aromatic carbocycles. The van der Waals surface area contributed by atoms with Crippen LogP contribution in [0.15, 0.2) is 48.5 Å². The molecule has 0 saturated carbocycles. The fourth-order valence-electron chi connectivity index (χ4n) is 5.19. The quantitative estimate of drug-likeness (QED) is 0.806. The number of methoxy groups -OCH3 is 1. The summed E-state index contributed by atoms with van der Waals surface area (Å²) in [5.41, 5.74) is 1.91. The predicted octanol–water partition coefficient (Wildman–Crippen LogP) is 2.92. The number of benzene rings is 2. The molecule has 3 aliphatic heterocycles. The highest BCUT2D eigenvalue weighted by Crippen LogP contribution is 2.51. The van der Waals surface area contributed by atoms with Gasteiger partial charge in [0.15, 0.2) is 5.72 Å². The Morgan fingerprint density at radius 3 is 2.72 bits per heavy atom. The van der Waals surface area contributed by atoms with Crippen LogP contribution in [0.5, 0.6) is 5.75 Å². The number of aryl methyl sites for hydroxylation is 1. The Balaban J connectivity index is 1.44. The molecule has 3 aliphatic rings. The largest absolute Gasteiger partial charge is 0.496 e. The van der Waals surface area contributed by atoms with Gasteiger partial charge < -0.3 is 19.3 Å². The highest BCUT2D eigenvalue weighted by molar-refractivity contribution is 5.96. The molecule has 3 fully saturated rings. The molecule has 29 heavy (non-hydrogen) atoms. The number of nitrogens with zero attached hydrogens (tertiary/aromatic N) is 2. The standard InChI is InChI=1S/C23H24N2O4/c1-15-12-17(8-9-19(15)28-2)22(27)24-11-10-23-20(24)13-21(26)25(23)18(14-29-23)16-6-4-3-5-7-16/h3-9,12,18,20H,10-11,13-14H2,1-2H3/t18-,20+,23-/m0/s1. The van der Waals surface area contributed by atoms with Crippen LogP contribution in [0.2, 0.25) is 0 Å². The molecule has 6 nitrogen and oxygen atoms in total. The molecule has 0 aromatic heterocycles. The van der Waals surface area contributed by atoms with E-state index in [1.54, 1.807) is 13.2 Å². The highest BCUT2D eigenvalue weighted by Gasteiger charge is 2.65. The van der Waals surface area contributed by atoms with Crippen LogP contribution >= 0.6 is 0 Å².